The Bertz CT molecular complexity index is 1210. The van der Waals surface area contributed by atoms with Gasteiger partial charge in [0.1, 0.15) is 11.6 Å². The average Bonchev–Trinajstić information content (AvgIpc) is 3.21. The molecule has 1 heterocycles. The quantitative estimate of drug-likeness (QED) is 0.360. The number of nitrogens with zero attached hydrogens (tertiary/aromatic N) is 3. The fraction of sp³-hybridized carbons (Fsp3) is 0.125. The van der Waals surface area contributed by atoms with Crippen LogP contribution in [0.25, 0.3) is 5.69 Å². The lowest BCUT2D eigenvalue weighted by Crippen LogP contribution is -2.15. The SMILES string of the molecule is COc1ccccc1NC(=O)CSc1nnc(Cc2ccccc2)n1-c1cccc(Cl)c1. The van der Waals surface area contributed by atoms with Crippen LogP contribution in [0.1, 0.15) is 11.4 Å². The number of anilines is 1. The van der Waals surface area contributed by atoms with Gasteiger partial charge in [-0.1, -0.05) is 71.9 Å². The van der Waals surface area contributed by atoms with Crippen LogP contribution in [0, 0.1) is 0 Å². The third kappa shape index (κ3) is 5.30. The van der Waals surface area contributed by atoms with Gasteiger partial charge in [-0.3, -0.25) is 9.36 Å². The molecule has 4 rings (SSSR count). The minimum Gasteiger partial charge on any atom is -0.495 e. The van der Waals surface area contributed by atoms with Gasteiger partial charge in [0, 0.05) is 11.4 Å². The van der Waals surface area contributed by atoms with E-state index in [0.29, 0.717) is 28.0 Å². The predicted molar refractivity (Wildman–Crippen MR) is 128 cm³/mol. The van der Waals surface area contributed by atoms with Crippen molar-refractivity contribution < 1.29 is 9.53 Å². The second-order valence-corrected chi connectivity index (χ2v) is 8.29. The predicted octanol–water partition coefficient (Wildman–Crippen LogP) is 5.25. The molecule has 8 heteroatoms. The Morgan fingerprint density at radius 1 is 1.03 bits per heavy atom. The van der Waals surface area contributed by atoms with Gasteiger partial charge in [0.25, 0.3) is 0 Å². The van der Waals surface area contributed by atoms with Crippen LogP contribution in [-0.2, 0) is 11.2 Å². The van der Waals surface area contributed by atoms with Crippen LogP contribution in [0.2, 0.25) is 5.02 Å². The molecule has 0 aliphatic rings. The van der Waals surface area contributed by atoms with Crippen LogP contribution in [0.4, 0.5) is 5.69 Å². The molecule has 0 fully saturated rings. The Kier molecular flexibility index (Phi) is 7.09. The third-order valence-corrected chi connectivity index (χ3v) is 5.85. The maximum Gasteiger partial charge on any atom is 0.234 e. The van der Waals surface area contributed by atoms with Crippen LogP contribution in [0.3, 0.4) is 0 Å². The first-order valence-corrected chi connectivity index (χ1v) is 11.3. The highest BCUT2D eigenvalue weighted by Gasteiger charge is 2.17. The summed E-state index contributed by atoms with van der Waals surface area (Å²) < 4.78 is 7.24. The number of hydrogen-bond acceptors (Lipinski definition) is 5. The van der Waals surface area contributed by atoms with E-state index >= 15 is 0 Å². The maximum atomic E-state index is 12.6. The molecule has 0 unspecified atom stereocenters. The molecule has 1 aromatic heterocycles. The van der Waals surface area contributed by atoms with E-state index in [4.69, 9.17) is 16.3 Å². The lowest BCUT2D eigenvalue weighted by Gasteiger charge is -2.12. The molecular weight excluding hydrogens is 444 g/mol. The summed E-state index contributed by atoms with van der Waals surface area (Å²) >= 11 is 7.55. The van der Waals surface area contributed by atoms with E-state index in [-0.39, 0.29) is 11.7 Å². The number of hydrogen-bond donors (Lipinski definition) is 1. The highest BCUT2D eigenvalue weighted by atomic mass is 35.5. The maximum absolute atomic E-state index is 12.6. The van der Waals surface area contributed by atoms with Crippen LogP contribution < -0.4 is 10.1 Å². The molecule has 1 N–H and O–H groups in total. The summed E-state index contributed by atoms with van der Waals surface area (Å²) in [6.45, 7) is 0. The molecule has 0 aliphatic carbocycles. The summed E-state index contributed by atoms with van der Waals surface area (Å²) in [7, 11) is 1.57. The van der Waals surface area contributed by atoms with Gasteiger partial charge in [-0.25, -0.2) is 0 Å². The molecule has 0 bridgehead atoms. The highest BCUT2D eigenvalue weighted by molar-refractivity contribution is 7.99. The monoisotopic (exact) mass is 464 g/mol. The lowest BCUT2D eigenvalue weighted by molar-refractivity contribution is -0.113. The molecule has 0 saturated heterocycles. The molecule has 32 heavy (non-hydrogen) atoms. The Morgan fingerprint density at radius 3 is 2.59 bits per heavy atom. The molecule has 0 radical (unpaired) electrons. The van der Waals surface area contributed by atoms with Crippen molar-refractivity contribution in [2.24, 2.45) is 0 Å². The number of carbonyl (C=O) groups is 1. The standard InChI is InChI=1S/C24H21ClN4O2S/c1-31-21-13-6-5-12-20(21)26-23(30)16-32-24-28-27-22(14-17-8-3-2-4-9-17)29(24)19-11-7-10-18(25)15-19/h2-13,15H,14,16H2,1H3,(H,26,30). The van der Waals surface area contributed by atoms with Gasteiger partial charge in [-0.15, -0.1) is 10.2 Å². The summed E-state index contributed by atoms with van der Waals surface area (Å²) in [5.74, 6) is 1.39. The number of nitrogens with one attached hydrogen (secondary N) is 1. The molecule has 162 valence electrons. The molecule has 3 aromatic carbocycles. The molecule has 0 aliphatic heterocycles. The fourth-order valence-electron chi connectivity index (χ4n) is 3.23. The van der Waals surface area contributed by atoms with Crippen LogP contribution in [0.5, 0.6) is 5.75 Å². The zero-order chi connectivity index (χ0) is 22.3. The van der Waals surface area contributed by atoms with Crippen molar-refractivity contribution in [3.8, 4) is 11.4 Å². The molecule has 0 spiro atoms. The molecule has 4 aromatic rings. The van der Waals surface area contributed by atoms with Crippen molar-refractivity contribution >= 4 is 35.0 Å². The second kappa shape index (κ2) is 10.3. The summed E-state index contributed by atoms with van der Waals surface area (Å²) in [6.07, 6.45) is 0.605. The molecule has 0 atom stereocenters. The lowest BCUT2D eigenvalue weighted by atomic mass is 10.1. The third-order valence-electron chi connectivity index (χ3n) is 4.69. The van der Waals surface area contributed by atoms with Gasteiger partial charge in [0.05, 0.1) is 24.2 Å². The second-order valence-electron chi connectivity index (χ2n) is 6.91. The summed E-state index contributed by atoms with van der Waals surface area (Å²) in [5.41, 5.74) is 2.59. The number of methoxy groups -OCH3 is 1. The van der Waals surface area contributed by atoms with Crippen LogP contribution in [0.15, 0.2) is 84.0 Å². The number of rotatable bonds is 8. The first kappa shape index (κ1) is 21.9. The van der Waals surface area contributed by atoms with Crippen molar-refractivity contribution in [2.45, 2.75) is 11.6 Å². The van der Waals surface area contributed by atoms with Gasteiger partial charge in [-0.2, -0.15) is 0 Å². The number of carbonyl (C=O) groups excluding carboxylic acids is 1. The number of aromatic nitrogens is 3. The Balaban J connectivity index is 1.56. The minimum absolute atomic E-state index is 0.162. The van der Waals surface area contributed by atoms with E-state index in [1.807, 2.05) is 71.3 Å². The van der Waals surface area contributed by atoms with Crippen LogP contribution in [-0.4, -0.2) is 33.5 Å². The van der Waals surface area contributed by atoms with Crippen molar-refractivity contribution in [2.75, 3.05) is 18.2 Å². The smallest absolute Gasteiger partial charge is 0.234 e. The van der Waals surface area contributed by atoms with Crippen LogP contribution >= 0.6 is 23.4 Å². The minimum atomic E-state index is -0.162. The van der Waals surface area contributed by atoms with Crippen molar-refractivity contribution in [1.29, 1.82) is 0 Å². The Labute approximate surface area is 195 Å². The summed E-state index contributed by atoms with van der Waals surface area (Å²) in [6, 6.07) is 24.9. The van der Waals surface area contributed by atoms with Crippen molar-refractivity contribution in [1.82, 2.24) is 14.8 Å². The van der Waals surface area contributed by atoms with Crippen molar-refractivity contribution in [3.63, 3.8) is 0 Å². The Morgan fingerprint density at radius 2 is 1.81 bits per heavy atom. The number of thioether (sulfide) groups is 1. The first-order chi connectivity index (χ1) is 15.6. The number of para-hydroxylation sites is 2. The van der Waals surface area contributed by atoms with E-state index in [1.165, 1.54) is 11.8 Å². The molecule has 6 nitrogen and oxygen atoms in total. The number of ether oxygens (including phenoxy) is 1. The summed E-state index contributed by atoms with van der Waals surface area (Å²) in [4.78, 5) is 12.6. The first-order valence-electron chi connectivity index (χ1n) is 9.94. The topological polar surface area (TPSA) is 69.0 Å². The van der Waals surface area contributed by atoms with E-state index < -0.39 is 0 Å². The highest BCUT2D eigenvalue weighted by Crippen LogP contribution is 2.27. The Hall–Kier alpha value is -3.29. The van der Waals surface area contributed by atoms with Gasteiger partial charge < -0.3 is 10.1 Å². The average molecular weight is 465 g/mol. The van der Waals surface area contributed by atoms with Crippen molar-refractivity contribution in [3.05, 3.63) is 95.3 Å². The van der Waals surface area contributed by atoms with E-state index in [2.05, 4.69) is 15.5 Å². The van der Waals surface area contributed by atoms with E-state index in [9.17, 15) is 4.79 Å². The van der Waals surface area contributed by atoms with Gasteiger partial charge in [0.2, 0.25) is 5.91 Å². The molecular formula is C24H21ClN4O2S. The largest absolute Gasteiger partial charge is 0.495 e. The number of benzene rings is 3. The fourth-order valence-corrected chi connectivity index (χ4v) is 4.18. The number of amides is 1. The zero-order valence-corrected chi connectivity index (χ0v) is 18.9. The normalized spacial score (nSPS) is 10.7. The number of halogens is 1. The van der Waals surface area contributed by atoms with E-state index in [0.717, 1.165) is 17.1 Å². The van der Waals surface area contributed by atoms with Gasteiger partial charge in [0.15, 0.2) is 5.16 Å². The molecule has 0 saturated carbocycles. The molecule has 1 amide bonds. The van der Waals surface area contributed by atoms with Gasteiger partial charge in [-0.05, 0) is 35.9 Å². The zero-order valence-electron chi connectivity index (χ0n) is 17.4. The van der Waals surface area contributed by atoms with Gasteiger partial charge >= 0.3 is 0 Å². The van der Waals surface area contributed by atoms with E-state index in [1.54, 1.807) is 19.2 Å². The summed E-state index contributed by atoms with van der Waals surface area (Å²) in [5, 5.41) is 12.9.